The molecule has 2 heterocycles. The molecule has 1 amide bonds. The molecule has 138 valence electrons. The van der Waals surface area contributed by atoms with Crippen molar-refractivity contribution in [2.45, 2.75) is 38.1 Å². The predicted octanol–water partition coefficient (Wildman–Crippen LogP) is 2.13. The molecule has 0 atom stereocenters. The first-order chi connectivity index (χ1) is 10.7. The third-order valence-electron chi connectivity index (χ3n) is 4.50. The number of halogens is 2. The number of amides is 1. The number of piperidine rings is 1. The average molecular weight is 377 g/mol. The molecule has 1 fully saturated rings. The molecule has 2 rings (SSSR count). The summed E-state index contributed by atoms with van der Waals surface area (Å²) in [5.74, 6) is 0.234. The van der Waals surface area contributed by atoms with Crippen LogP contribution in [-0.4, -0.2) is 60.0 Å². The minimum atomic E-state index is 0. The maximum Gasteiger partial charge on any atom is 0.222 e. The van der Waals surface area contributed by atoms with Crippen molar-refractivity contribution in [1.82, 2.24) is 14.8 Å². The smallest absolute Gasteiger partial charge is 0.222 e. The fourth-order valence-electron chi connectivity index (χ4n) is 2.98. The van der Waals surface area contributed by atoms with Crippen molar-refractivity contribution in [2.24, 2.45) is 5.73 Å². The highest BCUT2D eigenvalue weighted by Crippen LogP contribution is 2.16. The summed E-state index contributed by atoms with van der Waals surface area (Å²) in [5, 5.41) is 0. The fraction of sp³-hybridized carbons (Fsp3) is 0.647. The lowest BCUT2D eigenvalue weighted by Crippen LogP contribution is -2.46. The van der Waals surface area contributed by atoms with Crippen LogP contribution in [0.4, 0.5) is 0 Å². The monoisotopic (exact) mass is 376 g/mol. The highest BCUT2D eigenvalue weighted by Gasteiger charge is 2.24. The molecule has 7 heteroatoms. The third kappa shape index (κ3) is 7.34. The van der Waals surface area contributed by atoms with E-state index in [0.717, 1.165) is 51.0 Å². The molecule has 0 aromatic carbocycles. The van der Waals surface area contributed by atoms with Gasteiger partial charge in [0.15, 0.2) is 0 Å². The van der Waals surface area contributed by atoms with E-state index >= 15 is 0 Å². The third-order valence-corrected chi connectivity index (χ3v) is 4.50. The highest BCUT2D eigenvalue weighted by molar-refractivity contribution is 5.85. The number of rotatable bonds is 7. The minimum absolute atomic E-state index is 0. The van der Waals surface area contributed by atoms with E-state index in [1.165, 1.54) is 0 Å². The summed E-state index contributed by atoms with van der Waals surface area (Å²) in [6, 6.07) is 6.45. The maximum absolute atomic E-state index is 12.0. The summed E-state index contributed by atoms with van der Waals surface area (Å²) < 4.78 is 0. The summed E-state index contributed by atoms with van der Waals surface area (Å²) in [4.78, 5) is 20.8. The largest absolute Gasteiger partial charge is 0.343 e. The Morgan fingerprint density at radius 2 is 2.04 bits per heavy atom. The summed E-state index contributed by atoms with van der Waals surface area (Å²) in [6.07, 6.45) is 6.33. The number of likely N-dealkylation sites (tertiary alicyclic amines) is 1. The van der Waals surface area contributed by atoms with Crippen molar-refractivity contribution in [3.8, 4) is 0 Å². The zero-order valence-corrected chi connectivity index (χ0v) is 16.0. The van der Waals surface area contributed by atoms with E-state index in [2.05, 4.69) is 16.0 Å². The van der Waals surface area contributed by atoms with Crippen molar-refractivity contribution in [3.63, 3.8) is 0 Å². The molecule has 1 aliphatic rings. The van der Waals surface area contributed by atoms with E-state index in [4.69, 9.17) is 5.73 Å². The van der Waals surface area contributed by atoms with Gasteiger partial charge in [-0.2, -0.15) is 0 Å². The summed E-state index contributed by atoms with van der Waals surface area (Å²) >= 11 is 0. The van der Waals surface area contributed by atoms with Gasteiger partial charge in [0, 0.05) is 57.5 Å². The van der Waals surface area contributed by atoms with Crippen LogP contribution in [0.25, 0.3) is 0 Å². The zero-order chi connectivity index (χ0) is 15.8. The van der Waals surface area contributed by atoms with Gasteiger partial charge in [-0.1, -0.05) is 6.07 Å². The SMILES string of the molecule is CN(C(=O)CCCN)C1CCN(CCc2ccccn2)CC1.Cl.Cl. The second-order valence-corrected chi connectivity index (χ2v) is 6.04. The van der Waals surface area contributed by atoms with Gasteiger partial charge in [-0.05, 0) is 37.9 Å². The average Bonchev–Trinajstić information content (AvgIpc) is 2.58. The lowest BCUT2D eigenvalue weighted by Gasteiger charge is -2.36. The molecule has 0 aliphatic carbocycles. The van der Waals surface area contributed by atoms with Gasteiger partial charge in [0.2, 0.25) is 5.91 Å². The highest BCUT2D eigenvalue weighted by atomic mass is 35.5. The Labute approximate surface area is 157 Å². The Balaban J connectivity index is 0.00000264. The van der Waals surface area contributed by atoms with Gasteiger partial charge in [-0.15, -0.1) is 24.8 Å². The normalized spacial score (nSPS) is 15.2. The van der Waals surface area contributed by atoms with E-state index in [1.807, 2.05) is 30.3 Å². The molecule has 24 heavy (non-hydrogen) atoms. The van der Waals surface area contributed by atoms with Gasteiger partial charge in [0.05, 0.1) is 0 Å². The molecule has 2 N–H and O–H groups in total. The van der Waals surface area contributed by atoms with Crippen LogP contribution in [0.15, 0.2) is 24.4 Å². The quantitative estimate of drug-likeness (QED) is 0.791. The molecular formula is C17H30Cl2N4O. The van der Waals surface area contributed by atoms with E-state index in [-0.39, 0.29) is 30.7 Å². The van der Waals surface area contributed by atoms with E-state index in [9.17, 15) is 4.79 Å². The number of hydrogen-bond donors (Lipinski definition) is 1. The van der Waals surface area contributed by atoms with E-state index in [0.29, 0.717) is 19.0 Å². The predicted molar refractivity (Wildman–Crippen MR) is 103 cm³/mol. The zero-order valence-electron chi connectivity index (χ0n) is 14.4. The van der Waals surface area contributed by atoms with Crippen LogP contribution in [0.3, 0.4) is 0 Å². The van der Waals surface area contributed by atoms with E-state index < -0.39 is 0 Å². The molecular weight excluding hydrogens is 347 g/mol. The van der Waals surface area contributed by atoms with Gasteiger partial charge in [0.1, 0.15) is 0 Å². The minimum Gasteiger partial charge on any atom is -0.343 e. The topological polar surface area (TPSA) is 62.5 Å². The first kappa shape index (κ1) is 23.1. The number of aromatic nitrogens is 1. The van der Waals surface area contributed by atoms with Gasteiger partial charge in [0.25, 0.3) is 0 Å². The molecule has 0 spiro atoms. The Morgan fingerprint density at radius 3 is 2.62 bits per heavy atom. The van der Waals surface area contributed by atoms with Crippen molar-refractivity contribution in [3.05, 3.63) is 30.1 Å². The summed E-state index contributed by atoms with van der Waals surface area (Å²) in [6.45, 7) is 3.76. The van der Waals surface area contributed by atoms with Crippen LogP contribution >= 0.6 is 24.8 Å². The second-order valence-electron chi connectivity index (χ2n) is 6.04. The number of carbonyl (C=O) groups is 1. The molecule has 0 saturated carbocycles. The standard InChI is InChI=1S/C17H28N4O.2ClH/c1-20(17(22)6-4-10-18)16-8-13-21(14-9-16)12-7-15-5-2-3-11-19-15;;/h2-3,5,11,16H,4,6-10,12-14,18H2,1H3;2*1H. The molecule has 0 radical (unpaired) electrons. The van der Waals surface area contributed by atoms with Gasteiger partial charge < -0.3 is 15.5 Å². The van der Waals surface area contributed by atoms with Crippen molar-refractivity contribution < 1.29 is 4.79 Å². The number of carbonyl (C=O) groups excluding carboxylic acids is 1. The molecule has 0 bridgehead atoms. The first-order valence-electron chi connectivity index (χ1n) is 8.28. The maximum atomic E-state index is 12.0. The van der Waals surface area contributed by atoms with Crippen LogP contribution in [0.2, 0.25) is 0 Å². The van der Waals surface area contributed by atoms with Crippen LogP contribution in [0.1, 0.15) is 31.4 Å². The molecule has 1 aromatic rings. The van der Waals surface area contributed by atoms with E-state index in [1.54, 1.807) is 0 Å². The Hall–Kier alpha value is -0.880. The number of hydrogen-bond acceptors (Lipinski definition) is 4. The molecule has 1 saturated heterocycles. The Bertz CT molecular complexity index is 453. The van der Waals surface area contributed by atoms with Crippen LogP contribution < -0.4 is 5.73 Å². The van der Waals surface area contributed by atoms with Crippen LogP contribution in [0, 0.1) is 0 Å². The Kier molecular flexibility index (Phi) is 12.0. The molecule has 1 aromatic heterocycles. The first-order valence-corrected chi connectivity index (χ1v) is 8.28. The van der Waals surface area contributed by atoms with Crippen LogP contribution in [-0.2, 0) is 11.2 Å². The summed E-state index contributed by atoms with van der Waals surface area (Å²) in [5.41, 5.74) is 6.62. The van der Waals surface area contributed by atoms with Gasteiger partial charge in [-0.3, -0.25) is 9.78 Å². The lowest BCUT2D eigenvalue weighted by molar-refractivity contribution is -0.132. The molecule has 5 nitrogen and oxygen atoms in total. The van der Waals surface area contributed by atoms with Gasteiger partial charge >= 0.3 is 0 Å². The van der Waals surface area contributed by atoms with Crippen molar-refractivity contribution >= 4 is 30.7 Å². The number of nitrogens with zero attached hydrogens (tertiary/aromatic N) is 3. The van der Waals surface area contributed by atoms with Crippen LogP contribution in [0.5, 0.6) is 0 Å². The van der Waals surface area contributed by atoms with Crippen molar-refractivity contribution in [1.29, 1.82) is 0 Å². The Morgan fingerprint density at radius 1 is 1.33 bits per heavy atom. The summed E-state index contributed by atoms with van der Waals surface area (Å²) in [7, 11) is 1.94. The molecule has 0 unspecified atom stereocenters. The number of nitrogens with two attached hydrogens (primary N) is 1. The second kappa shape index (κ2) is 12.5. The van der Waals surface area contributed by atoms with Gasteiger partial charge in [-0.25, -0.2) is 0 Å². The lowest BCUT2D eigenvalue weighted by atomic mass is 10.0. The van der Waals surface area contributed by atoms with Crippen molar-refractivity contribution in [2.75, 3.05) is 33.2 Å². The fourth-order valence-corrected chi connectivity index (χ4v) is 2.98. The molecule has 1 aliphatic heterocycles. The number of pyridine rings is 1.